The van der Waals surface area contributed by atoms with Gasteiger partial charge in [-0.1, -0.05) is 24.1 Å². The van der Waals surface area contributed by atoms with E-state index in [0.717, 1.165) is 10.8 Å². The maximum atomic E-state index is 5.86. The van der Waals surface area contributed by atoms with E-state index in [9.17, 15) is 0 Å². The van der Waals surface area contributed by atoms with E-state index in [2.05, 4.69) is 16.9 Å². The zero-order valence-electron chi connectivity index (χ0n) is 9.53. The van der Waals surface area contributed by atoms with E-state index < -0.39 is 0 Å². The Labute approximate surface area is 106 Å². The van der Waals surface area contributed by atoms with Gasteiger partial charge >= 0.3 is 0 Å². The molecule has 0 saturated carbocycles. The zero-order chi connectivity index (χ0) is 11.4. The molecule has 16 heavy (non-hydrogen) atoms. The average molecular weight is 257 g/mol. The second-order valence-corrected chi connectivity index (χ2v) is 5.67. The fourth-order valence-electron chi connectivity index (χ4n) is 2.01. The van der Waals surface area contributed by atoms with Crippen LogP contribution in [0.2, 0.25) is 5.15 Å². The topological polar surface area (TPSA) is 16.1 Å². The molecule has 1 aromatic heterocycles. The summed E-state index contributed by atoms with van der Waals surface area (Å²) in [5.41, 5.74) is 0. The predicted molar refractivity (Wildman–Crippen MR) is 70.2 cm³/mol. The summed E-state index contributed by atoms with van der Waals surface area (Å²) in [4.78, 5) is 6.75. The number of pyridine rings is 1. The molecular formula is C12H17ClN2S. The van der Waals surface area contributed by atoms with E-state index in [0.29, 0.717) is 11.2 Å². The quantitative estimate of drug-likeness (QED) is 0.610. The van der Waals surface area contributed by atoms with Crippen molar-refractivity contribution >= 4 is 23.4 Å². The van der Waals surface area contributed by atoms with Crippen LogP contribution in [0.15, 0.2) is 23.2 Å². The second-order valence-electron chi connectivity index (χ2n) is 4.24. The molecule has 0 radical (unpaired) electrons. The van der Waals surface area contributed by atoms with Gasteiger partial charge in [0.25, 0.3) is 0 Å². The van der Waals surface area contributed by atoms with Crippen molar-refractivity contribution in [2.45, 2.75) is 30.3 Å². The van der Waals surface area contributed by atoms with Gasteiger partial charge in [-0.2, -0.15) is 0 Å². The number of likely N-dealkylation sites (tertiary alicyclic amines) is 1. The van der Waals surface area contributed by atoms with Crippen LogP contribution in [-0.2, 0) is 0 Å². The highest BCUT2D eigenvalue weighted by Crippen LogP contribution is 2.23. The molecule has 0 aliphatic carbocycles. The number of piperidine rings is 1. The summed E-state index contributed by atoms with van der Waals surface area (Å²) in [7, 11) is 2.22. The number of hydrogen-bond donors (Lipinski definition) is 0. The largest absolute Gasteiger partial charge is 0.303 e. The SMILES string of the molecule is CN1CCCCC1CSc1cccc(Cl)n1. The molecule has 0 spiro atoms. The molecule has 1 aliphatic heterocycles. The zero-order valence-corrected chi connectivity index (χ0v) is 11.1. The van der Waals surface area contributed by atoms with Crippen LogP contribution >= 0.6 is 23.4 Å². The maximum Gasteiger partial charge on any atom is 0.130 e. The van der Waals surface area contributed by atoms with Crippen LogP contribution in [-0.4, -0.2) is 35.3 Å². The van der Waals surface area contributed by atoms with Crippen LogP contribution in [0.1, 0.15) is 19.3 Å². The van der Waals surface area contributed by atoms with Gasteiger partial charge in [-0.15, -0.1) is 11.8 Å². The molecule has 0 amide bonds. The average Bonchev–Trinajstić information content (AvgIpc) is 2.28. The monoisotopic (exact) mass is 256 g/mol. The summed E-state index contributed by atoms with van der Waals surface area (Å²) in [6.07, 6.45) is 4.01. The van der Waals surface area contributed by atoms with Crippen molar-refractivity contribution in [2.75, 3.05) is 19.3 Å². The predicted octanol–water partition coefficient (Wildman–Crippen LogP) is 3.31. The van der Waals surface area contributed by atoms with E-state index in [1.807, 2.05) is 30.0 Å². The van der Waals surface area contributed by atoms with Crippen molar-refractivity contribution in [1.29, 1.82) is 0 Å². The Morgan fingerprint density at radius 1 is 1.50 bits per heavy atom. The van der Waals surface area contributed by atoms with E-state index in [1.54, 1.807) is 0 Å². The van der Waals surface area contributed by atoms with Gasteiger partial charge in [0.1, 0.15) is 5.15 Å². The second kappa shape index (κ2) is 5.89. The highest BCUT2D eigenvalue weighted by Gasteiger charge is 2.18. The number of halogens is 1. The van der Waals surface area contributed by atoms with E-state index in [1.165, 1.54) is 25.8 Å². The van der Waals surface area contributed by atoms with Gasteiger partial charge in [-0.3, -0.25) is 0 Å². The van der Waals surface area contributed by atoms with Crippen molar-refractivity contribution in [2.24, 2.45) is 0 Å². The number of rotatable bonds is 3. The third kappa shape index (κ3) is 3.37. The molecule has 0 bridgehead atoms. The lowest BCUT2D eigenvalue weighted by Gasteiger charge is -2.32. The molecule has 2 heterocycles. The van der Waals surface area contributed by atoms with E-state index in [-0.39, 0.29) is 0 Å². The van der Waals surface area contributed by atoms with Crippen LogP contribution in [0, 0.1) is 0 Å². The first-order valence-electron chi connectivity index (χ1n) is 5.71. The van der Waals surface area contributed by atoms with Crippen molar-refractivity contribution in [3.63, 3.8) is 0 Å². The minimum atomic E-state index is 0.585. The molecule has 2 rings (SSSR count). The van der Waals surface area contributed by atoms with Gasteiger partial charge in [-0.05, 0) is 38.6 Å². The molecule has 0 aromatic carbocycles. The number of thioether (sulfide) groups is 1. The van der Waals surface area contributed by atoms with Crippen LogP contribution in [0.3, 0.4) is 0 Å². The third-order valence-corrected chi connectivity index (χ3v) is 4.32. The third-order valence-electron chi connectivity index (χ3n) is 3.03. The molecule has 2 nitrogen and oxygen atoms in total. The molecule has 88 valence electrons. The number of hydrogen-bond acceptors (Lipinski definition) is 3. The summed E-state index contributed by atoms with van der Waals surface area (Å²) < 4.78 is 0. The van der Waals surface area contributed by atoms with Gasteiger partial charge < -0.3 is 4.90 Å². The Balaban J connectivity index is 1.86. The normalized spacial score (nSPS) is 22.2. The summed E-state index contributed by atoms with van der Waals surface area (Å²) >= 11 is 7.67. The molecular weight excluding hydrogens is 240 g/mol. The van der Waals surface area contributed by atoms with Crippen molar-refractivity contribution in [1.82, 2.24) is 9.88 Å². The highest BCUT2D eigenvalue weighted by atomic mass is 35.5. The fraction of sp³-hybridized carbons (Fsp3) is 0.583. The minimum Gasteiger partial charge on any atom is -0.303 e. The van der Waals surface area contributed by atoms with Gasteiger partial charge in [0, 0.05) is 11.8 Å². The standard InChI is InChI=1S/C12H17ClN2S/c1-15-8-3-2-5-10(15)9-16-12-7-4-6-11(13)14-12/h4,6-7,10H,2-3,5,8-9H2,1H3. The first-order valence-corrected chi connectivity index (χ1v) is 7.07. The van der Waals surface area contributed by atoms with E-state index >= 15 is 0 Å². The first kappa shape index (κ1) is 12.2. The van der Waals surface area contributed by atoms with Gasteiger partial charge in [-0.25, -0.2) is 4.98 Å². The Morgan fingerprint density at radius 3 is 3.12 bits per heavy atom. The highest BCUT2D eigenvalue weighted by molar-refractivity contribution is 7.99. The summed E-state index contributed by atoms with van der Waals surface area (Å²) in [6.45, 7) is 1.23. The minimum absolute atomic E-state index is 0.585. The van der Waals surface area contributed by atoms with Gasteiger partial charge in [0.15, 0.2) is 0 Å². The van der Waals surface area contributed by atoms with Crippen LogP contribution in [0.25, 0.3) is 0 Å². The van der Waals surface area contributed by atoms with Gasteiger partial charge in [0.2, 0.25) is 0 Å². The smallest absolute Gasteiger partial charge is 0.130 e. The number of nitrogens with zero attached hydrogens (tertiary/aromatic N) is 2. The van der Waals surface area contributed by atoms with Gasteiger partial charge in [0.05, 0.1) is 5.03 Å². The Morgan fingerprint density at radius 2 is 2.38 bits per heavy atom. The van der Waals surface area contributed by atoms with Crippen LogP contribution < -0.4 is 0 Å². The molecule has 1 saturated heterocycles. The molecule has 4 heteroatoms. The lowest BCUT2D eigenvalue weighted by Crippen LogP contribution is -2.37. The summed E-state index contributed by atoms with van der Waals surface area (Å²) in [5, 5.41) is 1.62. The first-order chi connectivity index (χ1) is 7.75. The van der Waals surface area contributed by atoms with Crippen molar-refractivity contribution in [3.8, 4) is 0 Å². The Kier molecular flexibility index (Phi) is 4.50. The Bertz CT molecular complexity index is 346. The van der Waals surface area contributed by atoms with Crippen molar-refractivity contribution in [3.05, 3.63) is 23.4 Å². The molecule has 1 fully saturated rings. The van der Waals surface area contributed by atoms with Crippen molar-refractivity contribution < 1.29 is 0 Å². The molecule has 0 N–H and O–H groups in total. The fourth-order valence-corrected chi connectivity index (χ4v) is 3.34. The van der Waals surface area contributed by atoms with E-state index in [4.69, 9.17) is 11.6 Å². The molecule has 1 unspecified atom stereocenters. The van der Waals surface area contributed by atoms with Crippen LogP contribution in [0.4, 0.5) is 0 Å². The summed E-state index contributed by atoms with van der Waals surface area (Å²) in [5.74, 6) is 1.11. The lowest BCUT2D eigenvalue weighted by atomic mass is 10.1. The number of aromatic nitrogens is 1. The summed E-state index contributed by atoms with van der Waals surface area (Å²) in [6, 6.07) is 6.50. The maximum absolute atomic E-state index is 5.86. The Hall–Kier alpha value is -0.250. The molecule has 1 aromatic rings. The lowest BCUT2D eigenvalue weighted by molar-refractivity contribution is 0.204. The molecule has 1 aliphatic rings. The molecule has 1 atom stereocenters. The van der Waals surface area contributed by atoms with Crippen LogP contribution in [0.5, 0.6) is 0 Å².